The zero-order chi connectivity index (χ0) is 23.3. The number of methoxy groups -OCH3 is 1. The van der Waals surface area contributed by atoms with Gasteiger partial charge >= 0.3 is 12.1 Å². The van der Waals surface area contributed by atoms with Crippen molar-refractivity contribution in [2.24, 2.45) is 0 Å². The van der Waals surface area contributed by atoms with Crippen molar-refractivity contribution in [2.45, 2.75) is 25.6 Å². The van der Waals surface area contributed by atoms with Crippen LogP contribution in [0.25, 0.3) is 11.3 Å². The first kappa shape index (κ1) is 23.0. The molecule has 0 amide bonds. The standard InChI is InChI=1S/C21H18F4N2O5/c1-3-17(31-13-5-7-19(26-10-13)30-11-21(23,24)25)18-9-16(27-32-18)12-4-6-14(15(22)8-12)20(28)29-2/h4-10,17H,3,11H2,1-2H3. The fourth-order valence-corrected chi connectivity index (χ4v) is 2.71. The minimum absolute atomic E-state index is 0.192. The highest BCUT2D eigenvalue weighted by Crippen LogP contribution is 2.29. The van der Waals surface area contributed by atoms with Crippen molar-refractivity contribution < 1.29 is 41.1 Å². The molecule has 1 atom stereocenters. The maximum Gasteiger partial charge on any atom is 0.422 e. The molecule has 11 heteroatoms. The largest absolute Gasteiger partial charge is 0.481 e. The van der Waals surface area contributed by atoms with E-state index in [1.54, 1.807) is 6.07 Å². The SMILES string of the molecule is CCC(Oc1ccc(OCC(F)(F)F)nc1)c1cc(-c2ccc(C(=O)OC)c(F)c2)no1. The summed E-state index contributed by atoms with van der Waals surface area (Å²) in [7, 11) is 1.16. The van der Waals surface area contributed by atoms with Gasteiger partial charge in [-0.1, -0.05) is 18.1 Å². The average molecular weight is 454 g/mol. The van der Waals surface area contributed by atoms with E-state index < -0.39 is 30.7 Å². The van der Waals surface area contributed by atoms with E-state index in [1.165, 1.54) is 30.5 Å². The van der Waals surface area contributed by atoms with Crippen LogP contribution in [-0.4, -0.2) is 36.0 Å². The van der Waals surface area contributed by atoms with E-state index in [4.69, 9.17) is 9.26 Å². The normalized spacial score (nSPS) is 12.3. The van der Waals surface area contributed by atoms with E-state index in [2.05, 4.69) is 19.6 Å². The van der Waals surface area contributed by atoms with Crippen LogP contribution in [0, 0.1) is 5.82 Å². The number of carbonyl (C=O) groups excluding carboxylic acids is 1. The zero-order valence-corrected chi connectivity index (χ0v) is 17.0. The Morgan fingerprint density at radius 1 is 1.19 bits per heavy atom. The van der Waals surface area contributed by atoms with Gasteiger partial charge in [0.05, 0.1) is 18.9 Å². The first-order valence-corrected chi connectivity index (χ1v) is 9.37. The van der Waals surface area contributed by atoms with Gasteiger partial charge in [0.1, 0.15) is 17.3 Å². The molecule has 0 saturated heterocycles. The number of hydrogen-bond donors (Lipinski definition) is 0. The molecule has 7 nitrogen and oxygen atoms in total. The number of rotatable bonds is 8. The lowest BCUT2D eigenvalue weighted by Crippen LogP contribution is -2.19. The molecule has 1 aromatic carbocycles. The van der Waals surface area contributed by atoms with Gasteiger partial charge in [0, 0.05) is 17.7 Å². The third kappa shape index (κ3) is 5.74. The third-order valence-electron chi connectivity index (χ3n) is 4.26. The summed E-state index contributed by atoms with van der Waals surface area (Å²) in [5, 5.41) is 3.91. The summed E-state index contributed by atoms with van der Waals surface area (Å²) in [4.78, 5) is 15.3. The second-order valence-electron chi connectivity index (χ2n) is 6.55. The van der Waals surface area contributed by atoms with Crippen LogP contribution in [-0.2, 0) is 4.74 Å². The molecule has 170 valence electrons. The summed E-state index contributed by atoms with van der Waals surface area (Å²) < 4.78 is 71.0. The maximum absolute atomic E-state index is 14.2. The molecule has 0 aliphatic rings. The van der Waals surface area contributed by atoms with E-state index in [1.807, 2.05) is 6.92 Å². The number of carbonyl (C=O) groups is 1. The summed E-state index contributed by atoms with van der Waals surface area (Å²) in [5.74, 6) is -1.12. The van der Waals surface area contributed by atoms with Crippen LogP contribution in [0.2, 0.25) is 0 Å². The van der Waals surface area contributed by atoms with E-state index >= 15 is 0 Å². The fraction of sp³-hybridized carbons (Fsp3) is 0.286. The molecule has 3 aromatic rings. The van der Waals surface area contributed by atoms with Crippen molar-refractivity contribution >= 4 is 5.97 Å². The van der Waals surface area contributed by atoms with Gasteiger partial charge in [-0.3, -0.25) is 0 Å². The highest BCUT2D eigenvalue weighted by Gasteiger charge is 2.28. The average Bonchev–Trinajstić information content (AvgIpc) is 3.26. The molecule has 0 saturated carbocycles. The minimum Gasteiger partial charge on any atom is -0.481 e. The van der Waals surface area contributed by atoms with Crippen LogP contribution in [0.3, 0.4) is 0 Å². The van der Waals surface area contributed by atoms with Crippen LogP contribution in [0.1, 0.15) is 35.6 Å². The summed E-state index contributed by atoms with van der Waals surface area (Å²) >= 11 is 0. The van der Waals surface area contributed by atoms with E-state index in [0.717, 1.165) is 13.2 Å². The summed E-state index contributed by atoms with van der Waals surface area (Å²) in [6.45, 7) is 0.381. The molecule has 0 aliphatic carbocycles. The van der Waals surface area contributed by atoms with E-state index in [-0.39, 0.29) is 17.2 Å². The van der Waals surface area contributed by atoms with Crippen molar-refractivity contribution in [3.63, 3.8) is 0 Å². The second-order valence-corrected chi connectivity index (χ2v) is 6.55. The lowest BCUT2D eigenvalue weighted by atomic mass is 10.1. The fourth-order valence-electron chi connectivity index (χ4n) is 2.71. The molecule has 0 spiro atoms. The molecule has 2 aromatic heterocycles. The number of aromatic nitrogens is 2. The molecule has 0 aliphatic heterocycles. The summed E-state index contributed by atoms with van der Waals surface area (Å²) in [5.41, 5.74) is 0.504. The molecule has 0 bridgehead atoms. The number of halogens is 4. The lowest BCUT2D eigenvalue weighted by Gasteiger charge is -2.14. The molecule has 0 fully saturated rings. The summed E-state index contributed by atoms with van der Waals surface area (Å²) in [6.07, 6.45) is -3.35. The predicted octanol–water partition coefficient (Wildman–Crippen LogP) is 5.13. The predicted molar refractivity (Wildman–Crippen MR) is 103 cm³/mol. The Morgan fingerprint density at radius 3 is 2.56 bits per heavy atom. The Hall–Kier alpha value is -3.63. The molecule has 0 N–H and O–H groups in total. The lowest BCUT2D eigenvalue weighted by molar-refractivity contribution is -0.154. The first-order valence-electron chi connectivity index (χ1n) is 9.37. The van der Waals surface area contributed by atoms with Gasteiger partial charge in [-0.2, -0.15) is 13.2 Å². The number of pyridine rings is 1. The van der Waals surface area contributed by atoms with Crippen LogP contribution < -0.4 is 9.47 Å². The molecular formula is C21H18F4N2O5. The van der Waals surface area contributed by atoms with Crippen molar-refractivity contribution in [3.05, 3.63) is 59.7 Å². The van der Waals surface area contributed by atoms with Crippen molar-refractivity contribution in [1.82, 2.24) is 10.1 Å². The van der Waals surface area contributed by atoms with Crippen LogP contribution >= 0.6 is 0 Å². The van der Waals surface area contributed by atoms with Crippen molar-refractivity contribution in [3.8, 4) is 22.9 Å². The molecule has 1 unspecified atom stereocenters. The highest BCUT2D eigenvalue weighted by molar-refractivity contribution is 5.90. The van der Waals surface area contributed by atoms with Gasteiger partial charge in [-0.25, -0.2) is 14.2 Å². The Morgan fingerprint density at radius 2 is 1.97 bits per heavy atom. The minimum atomic E-state index is -4.46. The monoisotopic (exact) mass is 454 g/mol. The molecular weight excluding hydrogens is 436 g/mol. The highest BCUT2D eigenvalue weighted by atomic mass is 19.4. The van der Waals surface area contributed by atoms with E-state index in [0.29, 0.717) is 23.4 Å². The van der Waals surface area contributed by atoms with Crippen LogP contribution in [0.15, 0.2) is 47.1 Å². The number of nitrogens with zero attached hydrogens (tertiary/aromatic N) is 2. The Labute approximate surface area is 179 Å². The number of alkyl halides is 3. The first-order chi connectivity index (χ1) is 15.2. The topological polar surface area (TPSA) is 83.7 Å². The Kier molecular flexibility index (Phi) is 6.96. The molecule has 3 rings (SSSR count). The Balaban J connectivity index is 1.70. The van der Waals surface area contributed by atoms with Crippen molar-refractivity contribution in [2.75, 3.05) is 13.7 Å². The van der Waals surface area contributed by atoms with Crippen LogP contribution in [0.4, 0.5) is 17.6 Å². The number of esters is 1. The van der Waals surface area contributed by atoms with Gasteiger partial charge in [0.15, 0.2) is 18.5 Å². The number of hydrogen-bond acceptors (Lipinski definition) is 7. The molecule has 0 radical (unpaired) electrons. The van der Waals surface area contributed by atoms with Gasteiger partial charge in [0.25, 0.3) is 0 Å². The quantitative estimate of drug-likeness (QED) is 0.345. The number of ether oxygens (including phenoxy) is 3. The van der Waals surface area contributed by atoms with E-state index in [9.17, 15) is 22.4 Å². The van der Waals surface area contributed by atoms with Crippen molar-refractivity contribution in [1.29, 1.82) is 0 Å². The van der Waals surface area contributed by atoms with Gasteiger partial charge in [0.2, 0.25) is 5.88 Å². The van der Waals surface area contributed by atoms with Gasteiger partial charge in [-0.05, 0) is 24.6 Å². The third-order valence-corrected chi connectivity index (χ3v) is 4.26. The maximum atomic E-state index is 14.2. The van der Waals surface area contributed by atoms with Crippen LogP contribution in [0.5, 0.6) is 11.6 Å². The Bertz CT molecular complexity index is 1070. The smallest absolute Gasteiger partial charge is 0.422 e. The van der Waals surface area contributed by atoms with Gasteiger partial charge in [-0.15, -0.1) is 0 Å². The second kappa shape index (κ2) is 9.67. The zero-order valence-electron chi connectivity index (χ0n) is 17.0. The number of benzene rings is 1. The summed E-state index contributed by atoms with van der Waals surface area (Å²) in [6, 6.07) is 8.16. The van der Waals surface area contributed by atoms with Gasteiger partial charge < -0.3 is 18.7 Å². The molecule has 2 heterocycles. The molecule has 32 heavy (non-hydrogen) atoms.